The molecule has 1 aromatic rings. The second-order valence-electron chi connectivity index (χ2n) is 3.35. The summed E-state index contributed by atoms with van der Waals surface area (Å²) in [5.41, 5.74) is 6.78. The van der Waals surface area contributed by atoms with E-state index in [2.05, 4.69) is 9.88 Å². The Labute approximate surface area is 89.9 Å². The van der Waals surface area contributed by atoms with Crippen LogP contribution in [0.25, 0.3) is 0 Å². The van der Waals surface area contributed by atoms with Gasteiger partial charge in [0.15, 0.2) is 0 Å². The number of hydrogen-bond acceptors (Lipinski definition) is 3. The predicted octanol–water partition coefficient (Wildman–Crippen LogP) is 1.19. The highest BCUT2D eigenvalue weighted by molar-refractivity contribution is 7.80. The van der Waals surface area contributed by atoms with Crippen LogP contribution in [-0.4, -0.2) is 28.0 Å². The highest BCUT2D eigenvalue weighted by Crippen LogP contribution is 2.04. The van der Waals surface area contributed by atoms with E-state index >= 15 is 0 Å². The Morgan fingerprint density at radius 3 is 2.64 bits per heavy atom. The zero-order valence-electron chi connectivity index (χ0n) is 8.47. The molecule has 0 aliphatic carbocycles. The fourth-order valence-corrected chi connectivity index (χ4v) is 1.31. The van der Waals surface area contributed by atoms with Crippen LogP contribution in [0.4, 0.5) is 0 Å². The molecule has 0 aromatic carbocycles. The molecule has 0 aliphatic heterocycles. The number of nitrogens with zero attached hydrogens (tertiary/aromatic N) is 2. The topological polar surface area (TPSA) is 42.1 Å². The summed E-state index contributed by atoms with van der Waals surface area (Å²) >= 11 is 4.93. The van der Waals surface area contributed by atoms with Crippen molar-refractivity contribution in [2.45, 2.75) is 19.5 Å². The van der Waals surface area contributed by atoms with Gasteiger partial charge in [0.25, 0.3) is 0 Å². The second kappa shape index (κ2) is 5.02. The Hall–Kier alpha value is -1.00. The first-order valence-electron chi connectivity index (χ1n) is 4.49. The van der Waals surface area contributed by atoms with Gasteiger partial charge in [0, 0.05) is 18.9 Å². The molecule has 0 fully saturated rings. The van der Waals surface area contributed by atoms with Crippen LogP contribution in [0.2, 0.25) is 0 Å². The van der Waals surface area contributed by atoms with Crippen LogP contribution in [0.5, 0.6) is 0 Å². The van der Waals surface area contributed by atoms with Crippen LogP contribution in [0.3, 0.4) is 0 Å². The molecule has 4 heteroatoms. The third-order valence-electron chi connectivity index (χ3n) is 2.25. The van der Waals surface area contributed by atoms with E-state index in [0.29, 0.717) is 4.99 Å². The van der Waals surface area contributed by atoms with Crippen molar-refractivity contribution in [3.05, 3.63) is 30.1 Å². The fourth-order valence-electron chi connectivity index (χ4n) is 1.13. The molecule has 0 bridgehead atoms. The normalized spacial score (nSPS) is 12.8. The van der Waals surface area contributed by atoms with Crippen molar-refractivity contribution in [3.8, 4) is 0 Å². The summed E-state index contributed by atoms with van der Waals surface area (Å²) in [5.74, 6) is 0. The first kappa shape index (κ1) is 11.1. The van der Waals surface area contributed by atoms with Crippen LogP contribution < -0.4 is 5.73 Å². The number of pyridine rings is 1. The number of aromatic nitrogens is 1. The molecule has 3 nitrogen and oxygen atoms in total. The summed E-state index contributed by atoms with van der Waals surface area (Å²) in [7, 11) is 2.00. The minimum Gasteiger partial charge on any atom is -0.392 e. The van der Waals surface area contributed by atoms with Crippen LogP contribution in [0.1, 0.15) is 12.5 Å². The highest BCUT2D eigenvalue weighted by atomic mass is 32.1. The largest absolute Gasteiger partial charge is 0.392 e. The van der Waals surface area contributed by atoms with Crippen molar-refractivity contribution in [1.29, 1.82) is 0 Å². The maximum atomic E-state index is 5.57. The maximum Gasteiger partial charge on any atom is 0.0899 e. The molecule has 0 amide bonds. The van der Waals surface area contributed by atoms with Crippen LogP contribution in [-0.2, 0) is 6.54 Å². The molecule has 0 aliphatic rings. The molecule has 76 valence electrons. The van der Waals surface area contributed by atoms with E-state index in [4.69, 9.17) is 18.0 Å². The summed E-state index contributed by atoms with van der Waals surface area (Å²) in [6.45, 7) is 2.84. The summed E-state index contributed by atoms with van der Waals surface area (Å²) in [5, 5.41) is 0. The van der Waals surface area contributed by atoms with Gasteiger partial charge in [-0.25, -0.2) is 0 Å². The lowest BCUT2D eigenvalue weighted by atomic mass is 10.2. The molecule has 1 rings (SSSR count). The van der Waals surface area contributed by atoms with Gasteiger partial charge in [-0.05, 0) is 31.7 Å². The maximum absolute atomic E-state index is 5.57. The van der Waals surface area contributed by atoms with Gasteiger partial charge in [0.2, 0.25) is 0 Å². The van der Waals surface area contributed by atoms with E-state index in [0.717, 1.165) is 6.54 Å². The minimum absolute atomic E-state index is 0.123. The number of nitrogens with two attached hydrogens (primary N) is 1. The van der Waals surface area contributed by atoms with E-state index in [9.17, 15) is 0 Å². The van der Waals surface area contributed by atoms with Gasteiger partial charge in [-0.3, -0.25) is 9.88 Å². The van der Waals surface area contributed by atoms with Crippen molar-refractivity contribution in [2.24, 2.45) is 5.73 Å². The predicted molar refractivity (Wildman–Crippen MR) is 62.0 cm³/mol. The van der Waals surface area contributed by atoms with Gasteiger partial charge in [-0.1, -0.05) is 12.2 Å². The van der Waals surface area contributed by atoms with E-state index in [1.807, 2.05) is 26.1 Å². The second-order valence-corrected chi connectivity index (χ2v) is 3.82. The monoisotopic (exact) mass is 209 g/mol. The number of thiocarbonyl (C=S) groups is 1. The molecule has 2 N–H and O–H groups in total. The summed E-state index contributed by atoms with van der Waals surface area (Å²) < 4.78 is 0. The van der Waals surface area contributed by atoms with Gasteiger partial charge in [-0.2, -0.15) is 0 Å². The van der Waals surface area contributed by atoms with E-state index in [1.54, 1.807) is 12.4 Å². The standard InChI is InChI=1S/C10H15N3S/c1-8(10(11)14)13(2)7-9-3-5-12-6-4-9/h3-6,8H,7H2,1-2H3,(H2,11,14). The lowest BCUT2D eigenvalue weighted by Crippen LogP contribution is -2.38. The zero-order valence-corrected chi connectivity index (χ0v) is 9.29. The Bertz CT molecular complexity index is 299. The zero-order chi connectivity index (χ0) is 10.6. The average Bonchev–Trinajstić information content (AvgIpc) is 2.18. The van der Waals surface area contributed by atoms with Gasteiger partial charge in [0.05, 0.1) is 11.0 Å². The third kappa shape index (κ3) is 3.05. The molecule has 1 atom stereocenters. The molecule has 1 heterocycles. The van der Waals surface area contributed by atoms with Crippen molar-refractivity contribution in [2.75, 3.05) is 7.05 Å². The van der Waals surface area contributed by atoms with Crippen LogP contribution >= 0.6 is 12.2 Å². The van der Waals surface area contributed by atoms with Gasteiger partial charge < -0.3 is 5.73 Å². The SMILES string of the molecule is CC(C(N)=S)N(C)Cc1ccncc1. The Morgan fingerprint density at radius 2 is 2.14 bits per heavy atom. The van der Waals surface area contributed by atoms with Crippen molar-refractivity contribution < 1.29 is 0 Å². The highest BCUT2D eigenvalue weighted by Gasteiger charge is 2.11. The van der Waals surface area contributed by atoms with Crippen molar-refractivity contribution in [3.63, 3.8) is 0 Å². The molecule has 1 aromatic heterocycles. The number of rotatable bonds is 4. The third-order valence-corrected chi connectivity index (χ3v) is 2.60. The van der Waals surface area contributed by atoms with Crippen molar-refractivity contribution >= 4 is 17.2 Å². The van der Waals surface area contributed by atoms with Gasteiger partial charge in [0.1, 0.15) is 0 Å². The van der Waals surface area contributed by atoms with E-state index in [1.165, 1.54) is 5.56 Å². The number of likely N-dealkylation sites (N-methyl/N-ethyl adjacent to an activating group) is 1. The van der Waals surface area contributed by atoms with Gasteiger partial charge in [-0.15, -0.1) is 0 Å². The molecular weight excluding hydrogens is 194 g/mol. The fraction of sp³-hybridized carbons (Fsp3) is 0.400. The van der Waals surface area contributed by atoms with Crippen molar-refractivity contribution in [1.82, 2.24) is 9.88 Å². The molecular formula is C10H15N3S. The Kier molecular flexibility index (Phi) is 3.98. The minimum atomic E-state index is 0.123. The van der Waals surface area contributed by atoms with E-state index < -0.39 is 0 Å². The van der Waals surface area contributed by atoms with Gasteiger partial charge >= 0.3 is 0 Å². The summed E-state index contributed by atoms with van der Waals surface area (Å²) in [6.07, 6.45) is 3.57. The Morgan fingerprint density at radius 1 is 1.57 bits per heavy atom. The van der Waals surface area contributed by atoms with Crippen LogP contribution in [0.15, 0.2) is 24.5 Å². The first-order chi connectivity index (χ1) is 6.61. The summed E-state index contributed by atoms with van der Waals surface area (Å²) in [6, 6.07) is 4.10. The van der Waals surface area contributed by atoms with E-state index in [-0.39, 0.29) is 6.04 Å². The average molecular weight is 209 g/mol. The molecule has 1 unspecified atom stereocenters. The lowest BCUT2D eigenvalue weighted by Gasteiger charge is -2.23. The molecule has 0 saturated carbocycles. The molecule has 14 heavy (non-hydrogen) atoms. The van der Waals surface area contributed by atoms with Crippen LogP contribution in [0, 0.1) is 0 Å². The molecule has 0 saturated heterocycles. The number of hydrogen-bond donors (Lipinski definition) is 1. The quantitative estimate of drug-likeness (QED) is 0.756. The molecule has 0 spiro atoms. The summed E-state index contributed by atoms with van der Waals surface area (Å²) in [4.78, 5) is 6.60. The smallest absolute Gasteiger partial charge is 0.0899 e. The Balaban J connectivity index is 2.57. The lowest BCUT2D eigenvalue weighted by molar-refractivity contribution is 0.304. The first-order valence-corrected chi connectivity index (χ1v) is 4.90. The molecule has 0 radical (unpaired) electrons.